The van der Waals surface area contributed by atoms with Gasteiger partial charge in [-0.2, -0.15) is 0 Å². The summed E-state index contributed by atoms with van der Waals surface area (Å²) in [7, 11) is 1.96. The average molecular weight is 210 g/mol. The minimum atomic E-state index is -0.166. The van der Waals surface area contributed by atoms with E-state index in [-0.39, 0.29) is 5.82 Å². The fourth-order valence-electron chi connectivity index (χ4n) is 1.41. The fourth-order valence-corrected chi connectivity index (χ4v) is 1.41. The zero-order valence-electron chi connectivity index (χ0n) is 9.68. The van der Waals surface area contributed by atoms with Gasteiger partial charge in [-0.1, -0.05) is 6.92 Å². The van der Waals surface area contributed by atoms with Gasteiger partial charge in [0.1, 0.15) is 5.82 Å². The number of benzene rings is 1. The summed E-state index contributed by atoms with van der Waals surface area (Å²) in [5, 5.41) is 3.19. The molecule has 0 heterocycles. The van der Waals surface area contributed by atoms with E-state index < -0.39 is 0 Å². The van der Waals surface area contributed by atoms with Gasteiger partial charge >= 0.3 is 0 Å². The number of nitrogens with zero attached hydrogens (tertiary/aromatic N) is 1. The second-order valence-corrected chi connectivity index (χ2v) is 3.61. The molecule has 0 fully saturated rings. The summed E-state index contributed by atoms with van der Waals surface area (Å²) in [6, 6.07) is 5.17. The predicted octanol–water partition coefficient (Wildman–Crippen LogP) is 2.39. The van der Waals surface area contributed by atoms with Crippen LogP contribution in [0.5, 0.6) is 0 Å². The SMILES string of the molecule is CCNCc1cc(F)cc(N(C)CC)c1. The zero-order chi connectivity index (χ0) is 11.3. The minimum absolute atomic E-state index is 0.166. The van der Waals surface area contributed by atoms with Crippen LogP contribution >= 0.6 is 0 Å². The van der Waals surface area contributed by atoms with Crippen molar-refractivity contribution in [2.24, 2.45) is 0 Å². The van der Waals surface area contributed by atoms with Crippen LogP contribution in [-0.2, 0) is 6.54 Å². The van der Waals surface area contributed by atoms with Gasteiger partial charge in [-0.3, -0.25) is 0 Å². The summed E-state index contributed by atoms with van der Waals surface area (Å²) in [5.74, 6) is -0.166. The number of rotatable bonds is 5. The maximum Gasteiger partial charge on any atom is 0.125 e. The summed E-state index contributed by atoms with van der Waals surface area (Å²) >= 11 is 0. The van der Waals surface area contributed by atoms with Gasteiger partial charge in [-0.25, -0.2) is 4.39 Å². The molecule has 1 rings (SSSR count). The van der Waals surface area contributed by atoms with E-state index in [2.05, 4.69) is 12.2 Å². The molecule has 0 atom stereocenters. The second-order valence-electron chi connectivity index (χ2n) is 3.61. The lowest BCUT2D eigenvalue weighted by Gasteiger charge is -2.18. The van der Waals surface area contributed by atoms with E-state index in [1.807, 2.05) is 24.9 Å². The van der Waals surface area contributed by atoms with Gasteiger partial charge < -0.3 is 10.2 Å². The number of anilines is 1. The van der Waals surface area contributed by atoms with Crippen LogP contribution in [0.1, 0.15) is 19.4 Å². The maximum atomic E-state index is 13.3. The van der Waals surface area contributed by atoms with Crippen molar-refractivity contribution >= 4 is 5.69 Å². The van der Waals surface area contributed by atoms with Crippen molar-refractivity contribution < 1.29 is 4.39 Å². The summed E-state index contributed by atoms with van der Waals surface area (Å²) in [4.78, 5) is 2.03. The van der Waals surface area contributed by atoms with E-state index in [0.717, 1.165) is 30.9 Å². The van der Waals surface area contributed by atoms with Crippen LogP contribution in [0.15, 0.2) is 18.2 Å². The molecule has 3 heteroatoms. The highest BCUT2D eigenvalue weighted by Gasteiger charge is 2.03. The third kappa shape index (κ3) is 3.51. The van der Waals surface area contributed by atoms with Crippen LogP contribution in [-0.4, -0.2) is 20.1 Å². The van der Waals surface area contributed by atoms with Crippen molar-refractivity contribution in [3.63, 3.8) is 0 Å². The summed E-state index contributed by atoms with van der Waals surface area (Å²) < 4.78 is 13.3. The Labute approximate surface area is 91.1 Å². The molecule has 0 amide bonds. The smallest absolute Gasteiger partial charge is 0.125 e. The van der Waals surface area contributed by atoms with Gasteiger partial charge in [0.15, 0.2) is 0 Å². The largest absolute Gasteiger partial charge is 0.375 e. The van der Waals surface area contributed by atoms with Crippen molar-refractivity contribution in [1.82, 2.24) is 5.32 Å². The molecule has 0 aromatic heterocycles. The van der Waals surface area contributed by atoms with Crippen LogP contribution in [0.25, 0.3) is 0 Å². The second kappa shape index (κ2) is 5.71. The number of hydrogen-bond acceptors (Lipinski definition) is 2. The van der Waals surface area contributed by atoms with Crippen molar-refractivity contribution in [2.75, 3.05) is 25.0 Å². The Hall–Kier alpha value is -1.09. The Bertz CT molecular complexity index is 312. The fraction of sp³-hybridized carbons (Fsp3) is 0.500. The summed E-state index contributed by atoms with van der Waals surface area (Å²) in [6.45, 7) is 6.59. The normalized spacial score (nSPS) is 10.4. The van der Waals surface area contributed by atoms with Crippen molar-refractivity contribution in [3.05, 3.63) is 29.6 Å². The lowest BCUT2D eigenvalue weighted by atomic mass is 10.2. The van der Waals surface area contributed by atoms with Gasteiger partial charge in [-0.15, -0.1) is 0 Å². The molecule has 0 saturated carbocycles. The Kier molecular flexibility index (Phi) is 4.56. The average Bonchev–Trinajstić information content (AvgIpc) is 2.24. The van der Waals surface area contributed by atoms with E-state index in [1.165, 1.54) is 0 Å². The van der Waals surface area contributed by atoms with E-state index in [4.69, 9.17) is 0 Å². The lowest BCUT2D eigenvalue weighted by Crippen LogP contribution is -2.17. The standard InChI is InChI=1S/C12H19FN2/c1-4-14-9-10-6-11(13)8-12(7-10)15(3)5-2/h6-8,14H,4-5,9H2,1-3H3. The van der Waals surface area contributed by atoms with Crippen LogP contribution in [0.2, 0.25) is 0 Å². The Balaban J connectivity index is 2.84. The quantitative estimate of drug-likeness (QED) is 0.802. The van der Waals surface area contributed by atoms with Crippen LogP contribution < -0.4 is 10.2 Å². The molecule has 0 unspecified atom stereocenters. The molecular formula is C12H19FN2. The molecular weight excluding hydrogens is 191 g/mol. The van der Waals surface area contributed by atoms with Crippen LogP contribution in [0.3, 0.4) is 0 Å². The molecule has 15 heavy (non-hydrogen) atoms. The first-order valence-electron chi connectivity index (χ1n) is 5.38. The number of nitrogens with one attached hydrogen (secondary N) is 1. The van der Waals surface area contributed by atoms with Gasteiger partial charge in [0.2, 0.25) is 0 Å². The van der Waals surface area contributed by atoms with Gasteiger partial charge in [0, 0.05) is 25.8 Å². The molecule has 0 aliphatic rings. The molecule has 1 aromatic rings. The number of hydrogen-bond donors (Lipinski definition) is 1. The highest BCUT2D eigenvalue weighted by molar-refractivity contribution is 5.48. The third-order valence-corrected chi connectivity index (χ3v) is 2.44. The zero-order valence-corrected chi connectivity index (χ0v) is 9.68. The first-order valence-corrected chi connectivity index (χ1v) is 5.38. The van der Waals surface area contributed by atoms with E-state index in [1.54, 1.807) is 12.1 Å². The summed E-state index contributed by atoms with van der Waals surface area (Å²) in [6.07, 6.45) is 0. The Morgan fingerprint density at radius 3 is 2.60 bits per heavy atom. The molecule has 0 radical (unpaired) electrons. The molecule has 0 spiro atoms. The molecule has 0 saturated heterocycles. The highest BCUT2D eigenvalue weighted by Crippen LogP contribution is 2.17. The topological polar surface area (TPSA) is 15.3 Å². The first-order chi connectivity index (χ1) is 7.17. The van der Waals surface area contributed by atoms with Crippen molar-refractivity contribution in [2.45, 2.75) is 20.4 Å². The van der Waals surface area contributed by atoms with Crippen molar-refractivity contribution in [3.8, 4) is 0 Å². The summed E-state index contributed by atoms with van der Waals surface area (Å²) in [5.41, 5.74) is 1.93. The molecule has 1 aromatic carbocycles. The lowest BCUT2D eigenvalue weighted by molar-refractivity contribution is 0.621. The number of halogens is 1. The van der Waals surface area contributed by atoms with E-state index in [9.17, 15) is 4.39 Å². The van der Waals surface area contributed by atoms with Crippen LogP contribution in [0, 0.1) is 5.82 Å². The highest BCUT2D eigenvalue weighted by atomic mass is 19.1. The molecule has 2 nitrogen and oxygen atoms in total. The molecule has 0 aliphatic carbocycles. The molecule has 84 valence electrons. The Morgan fingerprint density at radius 1 is 1.27 bits per heavy atom. The van der Waals surface area contributed by atoms with Gasteiger partial charge in [-0.05, 0) is 37.2 Å². The van der Waals surface area contributed by atoms with E-state index in [0.29, 0.717) is 0 Å². The molecule has 0 aliphatic heterocycles. The van der Waals surface area contributed by atoms with Gasteiger partial charge in [0.05, 0.1) is 0 Å². The Morgan fingerprint density at radius 2 is 2.00 bits per heavy atom. The van der Waals surface area contributed by atoms with E-state index >= 15 is 0 Å². The van der Waals surface area contributed by atoms with Crippen molar-refractivity contribution in [1.29, 1.82) is 0 Å². The first kappa shape index (κ1) is 12.0. The van der Waals surface area contributed by atoms with Crippen LogP contribution in [0.4, 0.5) is 10.1 Å². The maximum absolute atomic E-state index is 13.3. The predicted molar refractivity (Wildman–Crippen MR) is 62.7 cm³/mol. The van der Waals surface area contributed by atoms with Gasteiger partial charge in [0.25, 0.3) is 0 Å². The monoisotopic (exact) mass is 210 g/mol. The molecule has 1 N–H and O–H groups in total. The third-order valence-electron chi connectivity index (χ3n) is 2.44. The molecule has 0 bridgehead atoms. The minimum Gasteiger partial charge on any atom is -0.375 e.